The van der Waals surface area contributed by atoms with Gasteiger partial charge in [0.2, 0.25) is 0 Å². The van der Waals surface area contributed by atoms with E-state index in [1.54, 1.807) is 30.8 Å². The fourth-order valence-electron chi connectivity index (χ4n) is 1.91. The van der Waals surface area contributed by atoms with Gasteiger partial charge in [-0.25, -0.2) is 0 Å². The molecular formula is C15H27N3O3. The highest BCUT2D eigenvalue weighted by molar-refractivity contribution is 5.92. The summed E-state index contributed by atoms with van der Waals surface area (Å²) in [6, 6.07) is 1.87. The van der Waals surface area contributed by atoms with Crippen LogP contribution in [0.1, 0.15) is 37.0 Å². The summed E-state index contributed by atoms with van der Waals surface area (Å²) in [4.78, 5) is 14.4. The quantitative estimate of drug-likeness (QED) is 0.764. The van der Waals surface area contributed by atoms with Crippen molar-refractivity contribution >= 4 is 5.91 Å². The standard InChI is InChI=1S/C15H27N3O3/c1-15(2,3)13-11-12(17(4)16-13)14(19)18(7-9-20-5)8-10-21-6/h11H,7-10H2,1-6H3. The van der Waals surface area contributed by atoms with Crippen LogP contribution in [0.5, 0.6) is 0 Å². The van der Waals surface area contributed by atoms with Crippen LogP contribution in [-0.4, -0.2) is 61.1 Å². The number of aryl methyl sites for hydroxylation is 1. The number of carbonyl (C=O) groups excluding carboxylic acids is 1. The van der Waals surface area contributed by atoms with Gasteiger partial charge in [0.25, 0.3) is 5.91 Å². The van der Waals surface area contributed by atoms with E-state index >= 15 is 0 Å². The summed E-state index contributed by atoms with van der Waals surface area (Å²) in [6.45, 7) is 8.31. The number of hydrogen-bond donors (Lipinski definition) is 0. The van der Waals surface area contributed by atoms with Crippen LogP contribution in [-0.2, 0) is 21.9 Å². The number of aromatic nitrogens is 2. The van der Waals surface area contributed by atoms with Crippen molar-refractivity contribution in [3.8, 4) is 0 Å². The maximum atomic E-state index is 12.7. The van der Waals surface area contributed by atoms with Gasteiger partial charge in [-0.1, -0.05) is 20.8 Å². The molecule has 0 N–H and O–H groups in total. The van der Waals surface area contributed by atoms with Gasteiger partial charge in [-0.05, 0) is 6.07 Å². The zero-order valence-corrected chi connectivity index (χ0v) is 14.0. The molecule has 6 heteroatoms. The summed E-state index contributed by atoms with van der Waals surface area (Å²) in [5, 5.41) is 4.45. The first-order chi connectivity index (χ1) is 9.81. The topological polar surface area (TPSA) is 56.6 Å². The third-order valence-electron chi connectivity index (χ3n) is 3.29. The monoisotopic (exact) mass is 297 g/mol. The number of carbonyl (C=O) groups is 1. The van der Waals surface area contributed by atoms with Crippen LogP contribution in [0, 0.1) is 0 Å². The average Bonchev–Trinajstić information content (AvgIpc) is 2.80. The summed E-state index contributed by atoms with van der Waals surface area (Å²) in [6.07, 6.45) is 0. The maximum absolute atomic E-state index is 12.7. The summed E-state index contributed by atoms with van der Waals surface area (Å²) >= 11 is 0. The third kappa shape index (κ3) is 4.82. The molecule has 0 saturated carbocycles. The van der Waals surface area contributed by atoms with Crippen molar-refractivity contribution in [3.05, 3.63) is 17.5 Å². The van der Waals surface area contributed by atoms with Crippen molar-refractivity contribution < 1.29 is 14.3 Å². The Kier molecular flexibility index (Phi) is 6.36. The van der Waals surface area contributed by atoms with Crippen molar-refractivity contribution in [2.45, 2.75) is 26.2 Å². The Morgan fingerprint density at radius 2 is 1.76 bits per heavy atom. The van der Waals surface area contributed by atoms with Crippen molar-refractivity contribution in [1.82, 2.24) is 14.7 Å². The van der Waals surface area contributed by atoms with E-state index in [0.29, 0.717) is 32.0 Å². The first-order valence-electron chi connectivity index (χ1n) is 7.13. The molecule has 0 bridgehead atoms. The number of ether oxygens (including phenoxy) is 2. The number of methoxy groups -OCH3 is 2. The van der Waals surface area contributed by atoms with Gasteiger partial charge < -0.3 is 14.4 Å². The molecule has 1 aromatic rings. The van der Waals surface area contributed by atoms with Gasteiger partial charge in [0.05, 0.1) is 18.9 Å². The summed E-state index contributed by atoms with van der Waals surface area (Å²) < 4.78 is 11.8. The van der Waals surface area contributed by atoms with E-state index in [9.17, 15) is 4.79 Å². The van der Waals surface area contributed by atoms with E-state index in [1.807, 2.05) is 6.07 Å². The molecule has 0 aliphatic rings. The number of nitrogens with zero attached hydrogens (tertiary/aromatic N) is 3. The predicted molar refractivity (Wildman–Crippen MR) is 81.6 cm³/mol. The van der Waals surface area contributed by atoms with Crippen molar-refractivity contribution in [3.63, 3.8) is 0 Å². The molecule has 0 fully saturated rings. The number of hydrogen-bond acceptors (Lipinski definition) is 4. The molecule has 21 heavy (non-hydrogen) atoms. The molecule has 0 radical (unpaired) electrons. The summed E-state index contributed by atoms with van der Waals surface area (Å²) in [7, 11) is 5.05. The Morgan fingerprint density at radius 3 is 2.14 bits per heavy atom. The third-order valence-corrected chi connectivity index (χ3v) is 3.29. The molecule has 0 aromatic carbocycles. The van der Waals surface area contributed by atoms with Crippen molar-refractivity contribution in [2.75, 3.05) is 40.5 Å². The minimum Gasteiger partial charge on any atom is -0.383 e. The van der Waals surface area contributed by atoms with E-state index in [0.717, 1.165) is 5.69 Å². The van der Waals surface area contributed by atoms with Gasteiger partial charge >= 0.3 is 0 Å². The van der Waals surface area contributed by atoms with E-state index in [4.69, 9.17) is 9.47 Å². The molecule has 1 aromatic heterocycles. The Morgan fingerprint density at radius 1 is 1.24 bits per heavy atom. The second-order valence-electron chi connectivity index (χ2n) is 6.07. The van der Waals surface area contributed by atoms with Crippen LogP contribution in [0.15, 0.2) is 6.07 Å². The van der Waals surface area contributed by atoms with Gasteiger partial charge in [-0.3, -0.25) is 9.48 Å². The molecule has 1 rings (SSSR count). The van der Waals surface area contributed by atoms with E-state index < -0.39 is 0 Å². The molecule has 0 spiro atoms. The molecule has 1 heterocycles. The van der Waals surface area contributed by atoms with Gasteiger partial charge in [0, 0.05) is 39.8 Å². The fourth-order valence-corrected chi connectivity index (χ4v) is 1.91. The molecule has 0 aliphatic heterocycles. The van der Waals surface area contributed by atoms with Crippen LogP contribution in [0.4, 0.5) is 0 Å². The Bertz CT molecular complexity index is 455. The second-order valence-corrected chi connectivity index (χ2v) is 6.07. The van der Waals surface area contributed by atoms with Gasteiger partial charge in [0.15, 0.2) is 0 Å². The maximum Gasteiger partial charge on any atom is 0.272 e. The molecule has 0 saturated heterocycles. The fraction of sp³-hybridized carbons (Fsp3) is 0.733. The largest absolute Gasteiger partial charge is 0.383 e. The lowest BCUT2D eigenvalue weighted by molar-refractivity contribution is 0.0617. The van der Waals surface area contributed by atoms with E-state index in [-0.39, 0.29) is 11.3 Å². The highest BCUT2D eigenvalue weighted by Gasteiger charge is 2.24. The SMILES string of the molecule is COCCN(CCOC)C(=O)c1cc(C(C)(C)C)nn1C. The Balaban J connectivity index is 2.94. The summed E-state index contributed by atoms with van der Waals surface area (Å²) in [5.74, 6) is -0.0467. The Hall–Kier alpha value is -1.40. The van der Waals surface area contributed by atoms with E-state index in [2.05, 4.69) is 25.9 Å². The van der Waals surface area contributed by atoms with Crippen LogP contribution in [0.25, 0.3) is 0 Å². The lowest BCUT2D eigenvalue weighted by Gasteiger charge is -2.21. The van der Waals surface area contributed by atoms with Crippen LogP contribution < -0.4 is 0 Å². The van der Waals surface area contributed by atoms with Crippen LogP contribution in [0.2, 0.25) is 0 Å². The minimum absolute atomic E-state index is 0.0467. The summed E-state index contributed by atoms with van der Waals surface area (Å²) in [5.41, 5.74) is 1.42. The van der Waals surface area contributed by atoms with Crippen LogP contribution >= 0.6 is 0 Å². The van der Waals surface area contributed by atoms with Crippen molar-refractivity contribution in [2.24, 2.45) is 7.05 Å². The van der Waals surface area contributed by atoms with Gasteiger partial charge in [0.1, 0.15) is 5.69 Å². The molecular weight excluding hydrogens is 270 g/mol. The van der Waals surface area contributed by atoms with Gasteiger partial charge in [-0.15, -0.1) is 0 Å². The lowest BCUT2D eigenvalue weighted by atomic mass is 9.92. The first kappa shape index (κ1) is 17.7. The first-order valence-corrected chi connectivity index (χ1v) is 7.13. The Labute approximate surface area is 127 Å². The predicted octanol–water partition coefficient (Wildman–Crippen LogP) is 1.45. The smallest absolute Gasteiger partial charge is 0.272 e. The van der Waals surface area contributed by atoms with E-state index in [1.165, 1.54) is 0 Å². The normalized spacial score (nSPS) is 11.7. The molecule has 1 amide bonds. The highest BCUT2D eigenvalue weighted by atomic mass is 16.5. The van der Waals surface area contributed by atoms with Crippen molar-refractivity contribution in [1.29, 1.82) is 0 Å². The molecule has 6 nitrogen and oxygen atoms in total. The molecule has 120 valence electrons. The number of rotatable bonds is 7. The zero-order valence-electron chi connectivity index (χ0n) is 14.0. The molecule has 0 aliphatic carbocycles. The average molecular weight is 297 g/mol. The lowest BCUT2D eigenvalue weighted by Crippen LogP contribution is -2.37. The zero-order chi connectivity index (χ0) is 16.0. The molecule has 0 unspecified atom stereocenters. The number of amides is 1. The minimum atomic E-state index is -0.0832. The molecule has 0 atom stereocenters. The second kappa shape index (κ2) is 7.56. The van der Waals surface area contributed by atoms with Gasteiger partial charge in [-0.2, -0.15) is 5.10 Å². The van der Waals surface area contributed by atoms with Crippen LogP contribution in [0.3, 0.4) is 0 Å². The highest BCUT2D eigenvalue weighted by Crippen LogP contribution is 2.21.